The lowest BCUT2D eigenvalue weighted by atomic mass is 9.89. The number of aliphatic hydroxyl groups excluding tert-OH is 2. The fraction of sp³-hybridized carbons (Fsp3) is 0.559. The van der Waals surface area contributed by atoms with Gasteiger partial charge in [-0.3, -0.25) is 14.4 Å². The highest BCUT2D eigenvalue weighted by atomic mass is 16.7. The highest BCUT2D eigenvalue weighted by Gasteiger charge is 2.49. The molecule has 1 saturated heterocycles. The van der Waals surface area contributed by atoms with Gasteiger partial charge in [0.15, 0.2) is 0 Å². The summed E-state index contributed by atoms with van der Waals surface area (Å²) in [5.41, 5.74) is 3.68. The average Bonchev–Trinajstić information content (AvgIpc) is 3.35. The van der Waals surface area contributed by atoms with Crippen molar-refractivity contribution in [2.24, 2.45) is 16.8 Å². The Morgan fingerprint density at radius 1 is 1.16 bits per heavy atom. The molecule has 11 heteroatoms. The van der Waals surface area contributed by atoms with E-state index in [9.17, 15) is 19.8 Å². The predicted octanol–water partition coefficient (Wildman–Crippen LogP) is 3.23. The van der Waals surface area contributed by atoms with Gasteiger partial charge in [-0.05, 0) is 70.8 Å². The van der Waals surface area contributed by atoms with Crippen molar-refractivity contribution in [1.82, 2.24) is 15.3 Å². The van der Waals surface area contributed by atoms with Gasteiger partial charge >= 0.3 is 0 Å². The van der Waals surface area contributed by atoms with Gasteiger partial charge in [0, 0.05) is 55.0 Å². The molecule has 5 atom stereocenters. The minimum absolute atomic E-state index is 0.00402. The van der Waals surface area contributed by atoms with E-state index in [-0.39, 0.29) is 25.1 Å². The van der Waals surface area contributed by atoms with Gasteiger partial charge in [-0.15, -0.1) is 0 Å². The number of hydroxylamine groups is 2. The van der Waals surface area contributed by atoms with Gasteiger partial charge in [0.2, 0.25) is 0 Å². The summed E-state index contributed by atoms with van der Waals surface area (Å²) in [6.07, 6.45) is -0.863. The van der Waals surface area contributed by atoms with Crippen LogP contribution in [-0.2, 0) is 16.2 Å². The molecule has 0 spiro atoms. The average molecular weight is 626 g/mol. The Kier molecular flexibility index (Phi) is 13.1. The summed E-state index contributed by atoms with van der Waals surface area (Å²) in [6.45, 7) is 12.0. The van der Waals surface area contributed by atoms with E-state index in [1.165, 1.54) is 5.06 Å². The van der Waals surface area contributed by atoms with Crippen LogP contribution >= 0.6 is 0 Å². The summed E-state index contributed by atoms with van der Waals surface area (Å²) in [5.74, 6) is -0.392. The fourth-order valence-electron chi connectivity index (χ4n) is 5.98. The molecule has 1 fully saturated rings. The number of carbonyl (C=O) groups is 2. The Balaban J connectivity index is 2.07. The molecule has 0 aliphatic carbocycles. The minimum atomic E-state index is -0.939. The zero-order valence-electron chi connectivity index (χ0n) is 28.0. The molecule has 1 heterocycles. The van der Waals surface area contributed by atoms with E-state index in [0.29, 0.717) is 23.8 Å². The fourth-order valence-corrected chi connectivity index (χ4v) is 5.98. The van der Waals surface area contributed by atoms with E-state index in [1.807, 2.05) is 76.4 Å². The number of benzene rings is 2. The molecule has 11 nitrogen and oxygen atoms in total. The Morgan fingerprint density at radius 3 is 2.42 bits per heavy atom. The van der Waals surface area contributed by atoms with Crippen molar-refractivity contribution < 1.29 is 29.4 Å². The number of nitrogens with zero attached hydrogens (tertiary/aromatic N) is 4. The van der Waals surface area contributed by atoms with Crippen molar-refractivity contribution in [3.63, 3.8) is 0 Å². The van der Waals surface area contributed by atoms with Crippen LogP contribution in [0.3, 0.4) is 0 Å². The SMILES string of the molecule is C=NC(=O)[C@@H]1C([C@H](C)O)[C@H](CO)ON1Cc1cccc(-c2cc(C(=O)N[C@H](CC(C)C)CN(C)C)cc(N(C)C)c2)c1OCC. The van der Waals surface area contributed by atoms with Crippen LogP contribution in [0, 0.1) is 11.8 Å². The first-order chi connectivity index (χ1) is 21.3. The number of aliphatic hydroxyl groups is 2. The Hall–Kier alpha value is -3.35. The van der Waals surface area contributed by atoms with Crippen molar-refractivity contribution in [2.75, 3.05) is 52.8 Å². The number of nitrogens with one attached hydrogen (secondary N) is 1. The maximum absolute atomic E-state index is 13.7. The van der Waals surface area contributed by atoms with Gasteiger partial charge in [0.05, 0.1) is 25.9 Å². The van der Waals surface area contributed by atoms with E-state index in [0.717, 1.165) is 35.3 Å². The summed E-state index contributed by atoms with van der Waals surface area (Å²) in [4.78, 5) is 40.2. The highest BCUT2D eigenvalue weighted by Crippen LogP contribution is 2.39. The lowest BCUT2D eigenvalue weighted by molar-refractivity contribution is -0.180. The standard InChI is InChI=1S/C34H51N5O6/c1-10-44-32-23(18-39-31(34(43)35-5)30(22(4)41)29(20-40)45-39)12-11-13-28(32)24-15-25(17-27(16-24)38(8)9)33(42)36-26(14-21(2)3)19-37(6)7/h11-13,15-17,21-22,26,29-31,40-41H,5,10,14,18-20H2,1-4,6-9H3,(H,36,42)/t22-,26+,29-,30?,31-/m0/s1. The summed E-state index contributed by atoms with van der Waals surface area (Å²) in [7, 11) is 7.86. The topological polar surface area (TPSA) is 127 Å². The maximum Gasteiger partial charge on any atom is 0.265 e. The van der Waals surface area contributed by atoms with Crippen molar-refractivity contribution in [3.05, 3.63) is 47.5 Å². The third-order valence-electron chi connectivity index (χ3n) is 7.92. The van der Waals surface area contributed by atoms with Crippen LogP contribution in [0.5, 0.6) is 5.75 Å². The number of aliphatic imine (C=N–C) groups is 1. The monoisotopic (exact) mass is 625 g/mol. The Labute approximate surface area is 267 Å². The summed E-state index contributed by atoms with van der Waals surface area (Å²) in [6, 6.07) is 10.5. The lowest BCUT2D eigenvalue weighted by Gasteiger charge is -2.26. The molecule has 1 unspecified atom stereocenters. The van der Waals surface area contributed by atoms with Crippen molar-refractivity contribution >= 4 is 24.2 Å². The smallest absolute Gasteiger partial charge is 0.265 e. The first-order valence-corrected chi connectivity index (χ1v) is 15.6. The molecule has 0 saturated carbocycles. The molecule has 45 heavy (non-hydrogen) atoms. The number of para-hydroxylation sites is 1. The molecule has 0 bridgehead atoms. The second-order valence-corrected chi connectivity index (χ2v) is 12.6. The third-order valence-corrected chi connectivity index (χ3v) is 7.92. The number of anilines is 1. The molecule has 1 aliphatic rings. The number of amides is 2. The predicted molar refractivity (Wildman–Crippen MR) is 178 cm³/mol. The molecular formula is C34H51N5O6. The lowest BCUT2D eigenvalue weighted by Crippen LogP contribution is -2.43. The molecule has 2 aromatic carbocycles. The van der Waals surface area contributed by atoms with E-state index < -0.39 is 30.1 Å². The summed E-state index contributed by atoms with van der Waals surface area (Å²) >= 11 is 0. The third kappa shape index (κ3) is 9.11. The van der Waals surface area contributed by atoms with E-state index in [4.69, 9.17) is 9.57 Å². The van der Waals surface area contributed by atoms with Crippen LogP contribution < -0.4 is 15.0 Å². The van der Waals surface area contributed by atoms with Crippen LogP contribution in [0.25, 0.3) is 11.1 Å². The van der Waals surface area contributed by atoms with Crippen LogP contribution in [0.2, 0.25) is 0 Å². The van der Waals surface area contributed by atoms with Crippen LogP contribution in [0.1, 0.15) is 50.0 Å². The maximum atomic E-state index is 13.7. The number of hydrogen-bond donors (Lipinski definition) is 3. The highest BCUT2D eigenvalue weighted by molar-refractivity contribution is 5.97. The molecule has 2 aromatic rings. The quantitative estimate of drug-likeness (QED) is 0.256. The largest absolute Gasteiger partial charge is 0.493 e. The number of ether oxygens (including phenoxy) is 1. The molecule has 1 aliphatic heterocycles. The zero-order valence-corrected chi connectivity index (χ0v) is 28.0. The van der Waals surface area contributed by atoms with E-state index in [1.54, 1.807) is 6.92 Å². The van der Waals surface area contributed by atoms with Crippen LogP contribution in [-0.4, -0.2) is 111 Å². The minimum Gasteiger partial charge on any atom is -0.493 e. The van der Waals surface area contributed by atoms with Gasteiger partial charge in [0.25, 0.3) is 11.8 Å². The first-order valence-electron chi connectivity index (χ1n) is 15.6. The van der Waals surface area contributed by atoms with Gasteiger partial charge in [0.1, 0.15) is 17.9 Å². The number of carbonyl (C=O) groups excluding carboxylic acids is 2. The number of likely N-dealkylation sites (N-methyl/N-ethyl adjacent to an activating group) is 1. The van der Waals surface area contributed by atoms with Gasteiger partial charge in [-0.2, -0.15) is 5.06 Å². The Morgan fingerprint density at radius 2 is 1.87 bits per heavy atom. The van der Waals surface area contributed by atoms with Gasteiger partial charge in [-0.1, -0.05) is 32.0 Å². The van der Waals surface area contributed by atoms with Crippen LogP contribution in [0.15, 0.2) is 41.4 Å². The van der Waals surface area contributed by atoms with Crippen molar-refractivity contribution in [2.45, 2.75) is 65.0 Å². The van der Waals surface area contributed by atoms with E-state index >= 15 is 0 Å². The van der Waals surface area contributed by atoms with Crippen molar-refractivity contribution in [3.8, 4) is 16.9 Å². The number of rotatable bonds is 15. The first kappa shape index (κ1) is 36.1. The molecule has 0 radical (unpaired) electrons. The molecule has 3 rings (SSSR count). The van der Waals surface area contributed by atoms with Gasteiger partial charge < -0.3 is 30.1 Å². The number of hydrogen-bond acceptors (Lipinski definition) is 9. The molecule has 2 amide bonds. The second-order valence-electron chi connectivity index (χ2n) is 12.6. The molecule has 0 aromatic heterocycles. The zero-order chi connectivity index (χ0) is 33.4. The summed E-state index contributed by atoms with van der Waals surface area (Å²) < 4.78 is 6.21. The molecule has 248 valence electrons. The van der Waals surface area contributed by atoms with Crippen LogP contribution in [0.4, 0.5) is 5.69 Å². The van der Waals surface area contributed by atoms with Crippen molar-refractivity contribution in [1.29, 1.82) is 0 Å². The van der Waals surface area contributed by atoms with Gasteiger partial charge in [-0.25, -0.2) is 4.99 Å². The van der Waals surface area contributed by atoms with E-state index in [2.05, 4.69) is 35.8 Å². The summed E-state index contributed by atoms with van der Waals surface area (Å²) in [5, 5.41) is 25.1. The second kappa shape index (κ2) is 16.3. The normalized spacial score (nSPS) is 19.9. The molecular weight excluding hydrogens is 574 g/mol. The Bertz CT molecular complexity index is 1300. The molecule has 3 N–H and O–H groups in total.